The van der Waals surface area contributed by atoms with Gasteiger partial charge < -0.3 is 9.32 Å². The number of aromatic nitrogens is 1. The van der Waals surface area contributed by atoms with Crippen LogP contribution < -0.4 is 0 Å². The van der Waals surface area contributed by atoms with Crippen molar-refractivity contribution >= 4 is 5.91 Å². The van der Waals surface area contributed by atoms with Crippen molar-refractivity contribution in [3.05, 3.63) is 65.9 Å². The minimum Gasteiger partial charge on any atom is -0.436 e. The molecule has 3 aromatic rings. The van der Waals surface area contributed by atoms with Crippen LogP contribution in [0.25, 0.3) is 22.8 Å². The van der Waals surface area contributed by atoms with Gasteiger partial charge in [0.2, 0.25) is 5.89 Å². The lowest BCUT2D eigenvalue weighted by atomic mass is 10.1. The van der Waals surface area contributed by atoms with Gasteiger partial charge in [0.25, 0.3) is 5.91 Å². The van der Waals surface area contributed by atoms with Crippen molar-refractivity contribution in [3.8, 4) is 22.8 Å². The van der Waals surface area contributed by atoms with Crippen LogP contribution in [0.5, 0.6) is 0 Å². The Hall–Kier alpha value is -2.88. The van der Waals surface area contributed by atoms with Crippen molar-refractivity contribution in [2.45, 2.75) is 32.6 Å². The molecule has 4 nitrogen and oxygen atoms in total. The second kappa shape index (κ2) is 7.78. The molecule has 0 spiro atoms. The fraction of sp³-hybridized carbons (Fsp3) is 0.304. The number of oxazole rings is 1. The first-order valence-electron chi connectivity index (χ1n) is 9.64. The van der Waals surface area contributed by atoms with Crippen LogP contribution >= 0.6 is 0 Å². The van der Waals surface area contributed by atoms with Gasteiger partial charge in [-0.25, -0.2) is 4.98 Å². The summed E-state index contributed by atoms with van der Waals surface area (Å²) in [6.45, 7) is 3.71. The molecule has 138 valence electrons. The fourth-order valence-electron chi connectivity index (χ4n) is 3.55. The smallest absolute Gasteiger partial charge is 0.254 e. The van der Waals surface area contributed by atoms with Crippen LogP contribution in [0.4, 0.5) is 0 Å². The highest BCUT2D eigenvalue weighted by atomic mass is 16.4. The summed E-state index contributed by atoms with van der Waals surface area (Å²) < 4.78 is 6.02. The number of carbonyl (C=O) groups is 1. The first kappa shape index (κ1) is 17.5. The SMILES string of the molecule is Cc1ccc(-c2cnc(-c3ccccc3C(=O)N3CCCCCC3)o2)cc1. The Morgan fingerprint density at radius 3 is 2.41 bits per heavy atom. The van der Waals surface area contributed by atoms with E-state index in [1.165, 1.54) is 18.4 Å². The summed E-state index contributed by atoms with van der Waals surface area (Å²) in [5, 5.41) is 0. The normalized spacial score (nSPS) is 14.8. The van der Waals surface area contributed by atoms with Gasteiger partial charge in [0.15, 0.2) is 5.76 Å². The number of hydrogen-bond acceptors (Lipinski definition) is 3. The highest BCUT2D eigenvalue weighted by Crippen LogP contribution is 2.29. The van der Waals surface area contributed by atoms with Crippen LogP contribution in [-0.2, 0) is 0 Å². The van der Waals surface area contributed by atoms with Gasteiger partial charge in [0.1, 0.15) is 0 Å². The molecule has 1 saturated heterocycles. The second-order valence-corrected chi connectivity index (χ2v) is 7.15. The summed E-state index contributed by atoms with van der Waals surface area (Å²) in [5.41, 5.74) is 3.60. The van der Waals surface area contributed by atoms with E-state index in [1.807, 2.05) is 53.4 Å². The molecule has 1 aromatic heterocycles. The molecular formula is C23H24N2O2. The Kier molecular flexibility index (Phi) is 5.05. The van der Waals surface area contributed by atoms with Crippen molar-refractivity contribution in [3.63, 3.8) is 0 Å². The molecular weight excluding hydrogens is 336 g/mol. The van der Waals surface area contributed by atoms with Crippen molar-refractivity contribution in [1.29, 1.82) is 0 Å². The molecule has 1 aliphatic rings. The van der Waals surface area contributed by atoms with Crippen LogP contribution in [0.2, 0.25) is 0 Å². The van der Waals surface area contributed by atoms with E-state index in [-0.39, 0.29) is 5.91 Å². The van der Waals surface area contributed by atoms with Crippen LogP contribution in [0, 0.1) is 6.92 Å². The minimum absolute atomic E-state index is 0.0718. The second-order valence-electron chi connectivity index (χ2n) is 7.15. The van der Waals surface area contributed by atoms with E-state index in [0.29, 0.717) is 17.2 Å². The Morgan fingerprint density at radius 2 is 1.67 bits per heavy atom. The molecule has 1 amide bonds. The Morgan fingerprint density at radius 1 is 0.963 bits per heavy atom. The van der Waals surface area contributed by atoms with Crippen LogP contribution in [0.15, 0.2) is 59.1 Å². The first-order chi connectivity index (χ1) is 13.2. The standard InChI is InChI=1S/C23H24N2O2/c1-17-10-12-18(13-11-17)21-16-24-22(27-21)19-8-4-5-9-20(19)23(26)25-14-6-2-3-7-15-25/h4-5,8-13,16H,2-3,6-7,14-15H2,1H3. The van der Waals surface area contributed by atoms with Gasteiger partial charge >= 0.3 is 0 Å². The number of carbonyl (C=O) groups excluding carboxylic acids is 1. The third-order valence-electron chi connectivity index (χ3n) is 5.12. The first-order valence-corrected chi connectivity index (χ1v) is 9.64. The quantitative estimate of drug-likeness (QED) is 0.634. The fourth-order valence-corrected chi connectivity index (χ4v) is 3.55. The average Bonchev–Trinajstić information content (AvgIpc) is 3.03. The molecule has 4 heteroatoms. The maximum Gasteiger partial charge on any atom is 0.254 e. The Labute approximate surface area is 159 Å². The van der Waals surface area contributed by atoms with Gasteiger partial charge in [-0.05, 0) is 31.9 Å². The van der Waals surface area contributed by atoms with Crippen LogP contribution in [0.1, 0.15) is 41.6 Å². The molecule has 0 radical (unpaired) electrons. The number of hydrogen-bond donors (Lipinski definition) is 0. The van der Waals surface area contributed by atoms with E-state index in [2.05, 4.69) is 11.9 Å². The summed E-state index contributed by atoms with van der Waals surface area (Å²) in [7, 11) is 0. The molecule has 2 heterocycles. The van der Waals surface area contributed by atoms with Gasteiger partial charge in [-0.15, -0.1) is 0 Å². The third kappa shape index (κ3) is 3.80. The lowest BCUT2D eigenvalue weighted by molar-refractivity contribution is 0.0762. The largest absolute Gasteiger partial charge is 0.436 e. The lowest BCUT2D eigenvalue weighted by Crippen LogP contribution is -2.32. The van der Waals surface area contributed by atoms with Crippen molar-refractivity contribution in [2.75, 3.05) is 13.1 Å². The molecule has 0 N–H and O–H groups in total. The van der Waals surface area contributed by atoms with Gasteiger partial charge in [0, 0.05) is 24.2 Å². The van der Waals surface area contributed by atoms with E-state index in [1.54, 1.807) is 6.20 Å². The molecule has 0 aliphatic carbocycles. The van der Waals surface area contributed by atoms with Crippen molar-refractivity contribution in [1.82, 2.24) is 9.88 Å². The topological polar surface area (TPSA) is 46.3 Å². The van der Waals surface area contributed by atoms with Gasteiger partial charge in [-0.3, -0.25) is 4.79 Å². The summed E-state index contributed by atoms with van der Waals surface area (Å²) in [4.78, 5) is 19.5. The molecule has 1 fully saturated rings. The number of benzene rings is 2. The van der Waals surface area contributed by atoms with E-state index >= 15 is 0 Å². The maximum absolute atomic E-state index is 13.1. The molecule has 1 aliphatic heterocycles. The number of rotatable bonds is 3. The lowest BCUT2D eigenvalue weighted by Gasteiger charge is -2.21. The molecule has 0 unspecified atom stereocenters. The number of likely N-dealkylation sites (tertiary alicyclic amines) is 1. The molecule has 4 rings (SSSR count). The zero-order valence-electron chi connectivity index (χ0n) is 15.6. The average molecular weight is 360 g/mol. The monoisotopic (exact) mass is 360 g/mol. The van der Waals surface area contributed by atoms with Crippen molar-refractivity contribution in [2.24, 2.45) is 0 Å². The van der Waals surface area contributed by atoms with Crippen LogP contribution in [-0.4, -0.2) is 28.9 Å². The minimum atomic E-state index is 0.0718. The molecule has 0 saturated carbocycles. The van der Waals surface area contributed by atoms with Gasteiger partial charge in [-0.1, -0.05) is 54.8 Å². The molecule has 2 aromatic carbocycles. The van der Waals surface area contributed by atoms with E-state index in [9.17, 15) is 4.79 Å². The summed E-state index contributed by atoms with van der Waals surface area (Å²) in [6.07, 6.45) is 6.28. The molecule has 27 heavy (non-hydrogen) atoms. The third-order valence-corrected chi connectivity index (χ3v) is 5.12. The number of aryl methyl sites for hydroxylation is 1. The van der Waals surface area contributed by atoms with E-state index in [4.69, 9.17) is 4.42 Å². The zero-order chi connectivity index (χ0) is 18.6. The number of nitrogens with zero attached hydrogens (tertiary/aromatic N) is 2. The summed E-state index contributed by atoms with van der Waals surface area (Å²) in [5.74, 6) is 1.27. The summed E-state index contributed by atoms with van der Waals surface area (Å²) in [6, 6.07) is 15.8. The predicted octanol–water partition coefficient (Wildman–Crippen LogP) is 5.33. The molecule has 0 bridgehead atoms. The highest BCUT2D eigenvalue weighted by Gasteiger charge is 2.22. The molecule has 0 atom stereocenters. The zero-order valence-corrected chi connectivity index (χ0v) is 15.6. The van der Waals surface area contributed by atoms with Gasteiger partial charge in [0.05, 0.1) is 11.8 Å². The van der Waals surface area contributed by atoms with Gasteiger partial charge in [-0.2, -0.15) is 0 Å². The van der Waals surface area contributed by atoms with E-state index in [0.717, 1.165) is 37.1 Å². The Bertz CT molecular complexity index is 920. The number of amides is 1. The van der Waals surface area contributed by atoms with E-state index < -0.39 is 0 Å². The Balaban J connectivity index is 1.65. The van der Waals surface area contributed by atoms with Crippen molar-refractivity contribution < 1.29 is 9.21 Å². The highest BCUT2D eigenvalue weighted by molar-refractivity contribution is 6.00. The summed E-state index contributed by atoms with van der Waals surface area (Å²) >= 11 is 0. The predicted molar refractivity (Wildman–Crippen MR) is 106 cm³/mol. The van der Waals surface area contributed by atoms with Crippen LogP contribution in [0.3, 0.4) is 0 Å². The maximum atomic E-state index is 13.1.